The number of piperidine rings is 1. The number of aliphatic carboxylic acids is 2. The first-order valence-corrected chi connectivity index (χ1v) is 14.5. The molecule has 0 aliphatic carbocycles. The molecule has 1 saturated heterocycles. The van der Waals surface area contributed by atoms with Gasteiger partial charge < -0.3 is 30.5 Å². The highest BCUT2D eigenvalue weighted by Gasteiger charge is 2.29. The van der Waals surface area contributed by atoms with E-state index in [4.69, 9.17) is 14.9 Å². The fourth-order valence-electron chi connectivity index (χ4n) is 5.22. The quantitative estimate of drug-likeness (QED) is 0.286. The van der Waals surface area contributed by atoms with Crippen LogP contribution in [0.1, 0.15) is 24.6 Å². The Morgan fingerprint density at radius 1 is 1.12 bits per heavy atom. The van der Waals surface area contributed by atoms with E-state index < -0.39 is 17.8 Å². The SMILES string of the molecule is O=C(O)/C=C/C(=O)O.O=C1CSc2nnc(CNC3CCN(C[C@@H]4COc5c(F)ccc6ccc(=O)n4c56)CC3)cc2N1. The molecule has 0 spiro atoms. The maximum atomic E-state index is 14.3. The van der Waals surface area contributed by atoms with E-state index in [0.29, 0.717) is 42.6 Å². The minimum atomic E-state index is -1.26. The lowest BCUT2D eigenvalue weighted by Gasteiger charge is -2.36. The van der Waals surface area contributed by atoms with Crippen LogP contribution < -0.4 is 20.9 Å². The molecule has 4 N–H and O–H groups in total. The number of rotatable bonds is 7. The minimum Gasteiger partial charge on any atom is -0.486 e. The van der Waals surface area contributed by atoms with Crippen molar-refractivity contribution >= 4 is 46.2 Å². The van der Waals surface area contributed by atoms with Crippen molar-refractivity contribution in [3.8, 4) is 5.75 Å². The first kappa shape index (κ1) is 30.1. The third kappa shape index (κ3) is 7.36. The van der Waals surface area contributed by atoms with Crippen LogP contribution in [-0.2, 0) is 20.9 Å². The van der Waals surface area contributed by atoms with Gasteiger partial charge in [0.25, 0.3) is 5.56 Å². The second kappa shape index (κ2) is 13.3. The van der Waals surface area contributed by atoms with Gasteiger partial charge in [-0.3, -0.25) is 14.2 Å². The van der Waals surface area contributed by atoms with Gasteiger partial charge in [0.2, 0.25) is 5.91 Å². The monoisotopic (exact) mass is 612 g/mol. The molecule has 0 bridgehead atoms. The number of likely N-dealkylation sites (tertiary alicyclic amines) is 1. The number of benzene rings is 1. The van der Waals surface area contributed by atoms with Crippen molar-refractivity contribution in [1.29, 1.82) is 0 Å². The van der Waals surface area contributed by atoms with Gasteiger partial charge in [-0.2, -0.15) is 5.10 Å². The molecule has 2 aromatic heterocycles. The molecule has 1 atom stereocenters. The average Bonchev–Trinajstić information content (AvgIpc) is 2.99. The van der Waals surface area contributed by atoms with Gasteiger partial charge in [-0.1, -0.05) is 11.8 Å². The van der Waals surface area contributed by atoms with E-state index in [1.165, 1.54) is 17.8 Å². The number of fused-ring (bicyclic) bond motifs is 1. The normalized spacial score (nSPS) is 18.3. The molecule has 3 aliphatic heterocycles. The second-order valence-electron chi connectivity index (χ2n) is 10.2. The van der Waals surface area contributed by atoms with Crippen molar-refractivity contribution in [2.24, 2.45) is 0 Å². The van der Waals surface area contributed by atoms with Crippen molar-refractivity contribution < 1.29 is 33.7 Å². The standard InChI is InChI=1S/C24H25FN6O3S.C4H4O4/c25-18-3-1-14-2-4-21(33)31-17(12-34-23(18)22(14)31)11-30-7-5-15(6-8-30)26-10-16-9-19-24(29-28-16)35-13-20(32)27-19;5-3(6)1-2-4(7)8/h1-4,9,15,17,26H,5-8,10-13H2,(H,27,32);1-2H,(H,5,6)(H,7,8)/b;2-1+/t17-;/m1./s1. The van der Waals surface area contributed by atoms with Crippen LogP contribution in [-0.4, -0.2) is 85.8 Å². The number of aromatic nitrogens is 3. The number of halogens is 1. The molecule has 6 rings (SSSR count). The Bertz CT molecular complexity index is 1620. The highest BCUT2D eigenvalue weighted by atomic mass is 32.2. The molecule has 3 aliphatic rings. The zero-order chi connectivity index (χ0) is 30.5. The number of amides is 1. The van der Waals surface area contributed by atoms with E-state index in [2.05, 4.69) is 25.7 Å². The summed E-state index contributed by atoms with van der Waals surface area (Å²) in [6, 6.07) is 8.41. The van der Waals surface area contributed by atoms with Crippen LogP contribution in [0.4, 0.5) is 10.1 Å². The number of ether oxygens (including phenoxy) is 1. The van der Waals surface area contributed by atoms with Gasteiger partial charge in [0.1, 0.15) is 11.6 Å². The minimum absolute atomic E-state index is 0.0164. The maximum Gasteiger partial charge on any atom is 0.328 e. The zero-order valence-electron chi connectivity index (χ0n) is 22.9. The lowest BCUT2D eigenvalue weighted by atomic mass is 10.0. The Balaban J connectivity index is 0.000000407. The highest BCUT2D eigenvalue weighted by molar-refractivity contribution is 8.00. The largest absolute Gasteiger partial charge is 0.486 e. The fraction of sp³-hybridized carbons (Fsp3) is 0.357. The summed E-state index contributed by atoms with van der Waals surface area (Å²) in [5.41, 5.74) is 1.95. The summed E-state index contributed by atoms with van der Waals surface area (Å²) in [4.78, 5) is 45.8. The summed E-state index contributed by atoms with van der Waals surface area (Å²) in [7, 11) is 0. The van der Waals surface area contributed by atoms with Crippen LogP contribution in [0.25, 0.3) is 10.9 Å². The summed E-state index contributed by atoms with van der Waals surface area (Å²) < 4.78 is 21.8. The van der Waals surface area contributed by atoms with Gasteiger partial charge in [-0.15, -0.1) is 5.10 Å². The molecule has 1 fully saturated rings. The third-order valence-corrected chi connectivity index (χ3v) is 8.19. The molecule has 5 heterocycles. The van der Waals surface area contributed by atoms with E-state index in [-0.39, 0.29) is 29.9 Å². The second-order valence-corrected chi connectivity index (χ2v) is 11.1. The number of anilines is 1. The number of nitrogens with zero attached hydrogens (tertiary/aromatic N) is 4. The Labute approximate surface area is 248 Å². The van der Waals surface area contributed by atoms with E-state index in [0.717, 1.165) is 47.7 Å². The van der Waals surface area contributed by atoms with Gasteiger partial charge >= 0.3 is 11.9 Å². The predicted molar refractivity (Wildman–Crippen MR) is 155 cm³/mol. The molecule has 15 heteroatoms. The Morgan fingerprint density at radius 3 is 2.56 bits per heavy atom. The van der Waals surface area contributed by atoms with Gasteiger partial charge in [0.05, 0.1) is 28.7 Å². The number of carbonyl (C=O) groups is 3. The van der Waals surface area contributed by atoms with E-state index in [9.17, 15) is 23.6 Å². The zero-order valence-corrected chi connectivity index (χ0v) is 23.7. The number of thioether (sulfide) groups is 1. The van der Waals surface area contributed by atoms with Crippen molar-refractivity contribution in [2.75, 3.05) is 37.3 Å². The summed E-state index contributed by atoms with van der Waals surface area (Å²) in [5.74, 6) is -2.43. The molecule has 1 aromatic carbocycles. The number of hydrogen-bond donors (Lipinski definition) is 4. The molecule has 1 amide bonds. The van der Waals surface area contributed by atoms with Crippen LogP contribution in [0, 0.1) is 5.82 Å². The number of carboxylic acid groups (broad SMARTS) is 2. The van der Waals surface area contributed by atoms with E-state index in [1.54, 1.807) is 22.8 Å². The van der Waals surface area contributed by atoms with Crippen LogP contribution in [0.15, 0.2) is 52.3 Å². The molecular formula is C28H29FN6O7S. The van der Waals surface area contributed by atoms with Gasteiger partial charge in [-0.25, -0.2) is 14.0 Å². The number of carbonyl (C=O) groups excluding carboxylic acids is 1. The Morgan fingerprint density at radius 2 is 1.84 bits per heavy atom. The molecular weight excluding hydrogens is 583 g/mol. The molecule has 3 aromatic rings. The predicted octanol–water partition coefficient (Wildman–Crippen LogP) is 1.87. The fourth-order valence-corrected chi connectivity index (χ4v) is 5.92. The van der Waals surface area contributed by atoms with Crippen molar-refractivity contribution in [3.63, 3.8) is 0 Å². The van der Waals surface area contributed by atoms with Crippen LogP contribution >= 0.6 is 11.8 Å². The van der Waals surface area contributed by atoms with Crippen LogP contribution in [0.2, 0.25) is 0 Å². The molecule has 226 valence electrons. The summed E-state index contributed by atoms with van der Waals surface area (Å²) in [6.45, 7) is 3.31. The Kier molecular flexibility index (Phi) is 9.33. The van der Waals surface area contributed by atoms with E-state index in [1.807, 2.05) is 6.07 Å². The average molecular weight is 613 g/mol. The van der Waals surface area contributed by atoms with Crippen molar-refractivity contribution in [1.82, 2.24) is 25.0 Å². The third-order valence-electron chi connectivity index (χ3n) is 7.21. The van der Waals surface area contributed by atoms with Gasteiger partial charge in [0.15, 0.2) is 11.6 Å². The number of nitrogens with one attached hydrogen (secondary N) is 2. The lowest BCUT2D eigenvalue weighted by Crippen LogP contribution is -2.46. The molecule has 43 heavy (non-hydrogen) atoms. The molecule has 0 radical (unpaired) electrons. The van der Waals surface area contributed by atoms with Crippen molar-refractivity contribution in [3.05, 3.63) is 64.3 Å². The smallest absolute Gasteiger partial charge is 0.328 e. The highest BCUT2D eigenvalue weighted by Crippen LogP contribution is 2.34. The maximum absolute atomic E-state index is 14.3. The summed E-state index contributed by atoms with van der Waals surface area (Å²) in [5, 5.41) is 32.1. The van der Waals surface area contributed by atoms with Gasteiger partial charge in [0, 0.05) is 42.7 Å². The molecule has 0 unspecified atom stereocenters. The van der Waals surface area contributed by atoms with E-state index >= 15 is 0 Å². The Hall–Kier alpha value is -4.34. The molecule has 0 saturated carbocycles. The van der Waals surface area contributed by atoms with Crippen LogP contribution in [0.3, 0.4) is 0 Å². The lowest BCUT2D eigenvalue weighted by molar-refractivity contribution is -0.134. The number of carboxylic acids is 2. The first-order chi connectivity index (χ1) is 20.7. The molecule has 13 nitrogen and oxygen atoms in total. The number of pyridine rings is 1. The number of hydrogen-bond acceptors (Lipinski definition) is 10. The summed E-state index contributed by atoms with van der Waals surface area (Å²) >= 11 is 1.40. The summed E-state index contributed by atoms with van der Waals surface area (Å²) in [6.07, 6.45) is 3.04. The van der Waals surface area contributed by atoms with Gasteiger partial charge in [-0.05, 0) is 50.2 Å². The van der Waals surface area contributed by atoms with Crippen molar-refractivity contribution in [2.45, 2.75) is 36.5 Å². The van der Waals surface area contributed by atoms with Crippen LogP contribution in [0.5, 0.6) is 5.75 Å². The topological polar surface area (TPSA) is 176 Å². The first-order valence-electron chi connectivity index (χ1n) is 13.5.